The van der Waals surface area contributed by atoms with E-state index in [2.05, 4.69) is 5.10 Å². The topological polar surface area (TPSA) is 41.9 Å². The van der Waals surface area contributed by atoms with Crippen molar-refractivity contribution in [1.29, 1.82) is 0 Å². The van der Waals surface area contributed by atoms with Crippen molar-refractivity contribution in [2.45, 2.75) is 29.5 Å². The molecule has 0 bridgehead atoms. The van der Waals surface area contributed by atoms with Crippen molar-refractivity contribution in [2.75, 3.05) is 18.4 Å². The van der Waals surface area contributed by atoms with Crippen LogP contribution in [-0.4, -0.2) is 35.4 Å². The normalized spacial score (nSPS) is 17.3. The zero-order valence-electron chi connectivity index (χ0n) is 18.7. The van der Waals surface area contributed by atoms with Crippen LogP contribution in [0.4, 0.5) is 27.6 Å². The van der Waals surface area contributed by atoms with Gasteiger partial charge in [0.05, 0.1) is 13.2 Å². The van der Waals surface area contributed by atoms with Gasteiger partial charge in [0, 0.05) is 28.4 Å². The van der Waals surface area contributed by atoms with Crippen molar-refractivity contribution >= 4 is 22.2 Å². The molecule has 0 saturated heterocycles. The Kier molecular flexibility index (Phi) is 6.68. The van der Waals surface area contributed by atoms with Gasteiger partial charge in [0.1, 0.15) is 17.1 Å². The Hall–Kier alpha value is -3.27. The van der Waals surface area contributed by atoms with E-state index in [1.807, 2.05) is 0 Å². The van der Waals surface area contributed by atoms with Crippen LogP contribution >= 0.6 is 0 Å². The minimum absolute atomic E-state index is 0.271. The van der Waals surface area contributed by atoms with Crippen molar-refractivity contribution < 1.29 is 30.9 Å². The summed E-state index contributed by atoms with van der Waals surface area (Å²) in [5.74, 6) is -4.79. The zero-order valence-corrected chi connectivity index (χ0v) is 19.5. The number of methoxy groups -OCH3 is 1. The lowest BCUT2D eigenvalue weighted by Crippen LogP contribution is -2.43. The maximum Gasteiger partial charge on any atom is 0.459 e. The summed E-state index contributed by atoms with van der Waals surface area (Å²) in [5.41, 5.74) is 1.03. The molecule has 2 unspecified atom stereocenters. The lowest BCUT2D eigenvalue weighted by molar-refractivity contribution is -0.249. The number of alkyl halides is 5. The third-order valence-electron chi connectivity index (χ3n) is 5.75. The maximum absolute atomic E-state index is 14.3. The summed E-state index contributed by atoms with van der Waals surface area (Å²) < 4.78 is 85.1. The second-order valence-corrected chi connectivity index (χ2v) is 9.34. The van der Waals surface area contributed by atoms with Crippen molar-refractivity contribution in [1.82, 2.24) is 0 Å². The molecule has 4 nitrogen and oxygen atoms in total. The average molecular weight is 509 g/mol. The predicted octanol–water partition coefficient (Wildman–Crippen LogP) is 6.60. The molecule has 4 rings (SSSR count). The molecule has 1 aliphatic rings. The van der Waals surface area contributed by atoms with E-state index in [9.17, 15) is 26.2 Å². The number of anilines is 1. The van der Waals surface area contributed by atoms with Gasteiger partial charge in [-0.15, -0.1) is 0 Å². The highest BCUT2D eigenvalue weighted by molar-refractivity contribution is 7.84. The molecular weight excluding hydrogens is 487 g/mol. The molecule has 0 aromatic heterocycles. The quantitative estimate of drug-likeness (QED) is 0.352. The highest BCUT2D eigenvalue weighted by Crippen LogP contribution is 2.46. The Morgan fingerprint density at radius 1 is 0.943 bits per heavy atom. The van der Waals surface area contributed by atoms with E-state index < -0.39 is 41.1 Å². The number of halogens is 5. The zero-order chi connectivity index (χ0) is 25.4. The molecule has 0 N–H and O–H groups in total. The SMILES string of the molecule is COc1ccccc1N1N=C(C(F)(F)C(F)(F)F)CC1c1cccc(-c2ccc(S(C)=O)cc2)c1. The molecular formula is C25H21F5N2O2S. The van der Waals surface area contributed by atoms with Crippen LogP contribution < -0.4 is 9.75 Å². The Morgan fingerprint density at radius 2 is 1.63 bits per heavy atom. The van der Waals surface area contributed by atoms with Crippen LogP contribution in [0.3, 0.4) is 0 Å². The first-order valence-electron chi connectivity index (χ1n) is 10.5. The molecule has 0 spiro atoms. The summed E-state index contributed by atoms with van der Waals surface area (Å²) in [6.45, 7) is 0. The molecule has 10 heteroatoms. The summed E-state index contributed by atoms with van der Waals surface area (Å²) in [4.78, 5) is 0.649. The summed E-state index contributed by atoms with van der Waals surface area (Å²) in [7, 11) is 0.236. The van der Waals surface area contributed by atoms with E-state index >= 15 is 0 Å². The summed E-state index contributed by atoms with van der Waals surface area (Å²) in [6.07, 6.45) is -4.83. The second-order valence-electron chi connectivity index (χ2n) is 7.96. The smallest absolute Gasteiger partial charge is 0.459 e. The van der Waals surface area contributed by atoms with E-state index in [-0.39, 0.29) is 11.4 Å². The van der Waals surface area contributed by atoms with Gasteiger partial charge >= 0.3 is 12.1 Å². The van der Waals surface area contributed by atoms with E-state index in [0.717, 1.165) is 16.1 Å². The van der Waals surface area contributed by atoms with Gasteiger partial charge in [-0.1, -0.05) is 42.5 Å². The minimum Gasteiger partial charge on any atom is -0.495 e. The van der Waals surface area contributed by atoms with Crippen LogP contribution in [0.2, 0.25) is 0 Å². The van der Waals surface area contributed by atoms with E-state index in [1.54, 1.807) is 79.1 Å². The largest absolute Gasteiger partial charge is 0.495 e. The third kappa shape index (κ3) is 4.80. The van der Waals surface area contributed by atoms with Gasteiger partial charge in [0.2, 0.25) is 0 Å². The Bertz CT molecular complexity index is 1280. The fourth-order valence-corrected chi connectivity index (χ4v) is 4.45. The first kappa shape index (κ1) is 24.8. The number of hydrazone groups is 1. The Balaban J connectivity index is 1.77. The molecule has 0 aliphatic carbocycles. The van der Waals surface area contributed by atoms with Crippen LogP contribution in [0.15, 0.2) is 82.8 Å². The lowest BCUT2D eigenvalue weighted by Gasteiger charge is -2.26. The summed E-state index contributed by atoms with van der Waals surface area (Å²) in [5, 5.41) is 4.93. The van der Waals surface area contributed by atoms with Gasteiger partial charge in [0.25, 0.3) is 0 Å². The van der Waals surface area contributed by atoms with Gasteiger partial charge in [-0.3, -0.25) is 9.22 Å². The molecule has 35 heavy (non-hydrogen) atoms. The number of hydrogen-bond donors (Lipinski definition) is 0. The summed E-state index contributed by atoms with van der Waals surface area (Å²) in [6, 6.07) is 19.4. The number of ether oxygens (including phenoxy) is 1. The molecule has 0 amide bonds. The molecule has 1 heterocycles. The number of benzene rings is 3. The highest BCUT2D eigenvalue weighted by Gasteiger charge is 2.63. The van der Waals surface area contributed by atoms with E-state index in [4.69, 9.17) is 4.74 Å². The van der Waals surface area contributed by atoms with Crippen LogP contribution in [0.25, 0.3) is 11.1 Å². The van der Waals surface area contributed by atoms with Crippen LogP contribution in [0.1, 0.15) is 18.0 Å². The molecule has 0 radical (unpaired) electrons. The maximum atomic E-state index is 14.3. The van der Waals surface area contributed by atoms with Crippen LogP contribution in [0, 0.1) is 0 Å². The Morgan fingerprint density at radius 3 is 2.26 bits per heavy atom. The highest BCUT2D eigenvalue weighted by atomic mass is 32.2. The molecule has 2 atom stereocenters. The van der Waals surface area contributed by atoms with Gasteiger partial charge in [-0.2, -0.15) is 27.1 Å². The van der Waals surface area contributed by atoms with Crippen molar-refractivity contribution in [3.63, 3.8) is 0 Å². The van der Waals surface area contributed by atoms with Gasteiger partial charge < -0.3 is 4.74 Å². The first-order chi connectivity index (χ1) is 16.5. The average Bonchev–Trinajstić information content (AvgIpc) is 3.29. The molecule has 3 aromatic carbocycles. The standard InChI is InChI=1S/C25H21F5N2O2S/c1-34-22-9-4-3-8-20(22)32-21(15-23(31-32)24(26,27)25(28,29)30)18-7-5-6-17(14-18)16-10-12-19(13-11-16)35(2)33/h3-14,21H,15H2,1-2H3. The fourth-order valence-electron chi connectivity index (χ4n) is 3.93. The lowest BCUT2D eigenvalue weighted by atomic mass is 9.95. The summed E-state index contributed by atoms with van der Waals surface area (Å²) >= 11 is 0. The van der Waals surface area contributed by atoms with Gasteiger partial charge in [-0.05, 0) is 47.0 Å². The van der Waals surface area contributed by atoms with E-state index in [1.165, 1.54) is 7.11 Å². The van der Waals surface area contributed by atoms with Gasteiger partial charge in [-0.25, -0.2) is 0 Å². The number of hydrogen-bond acceptors (Lipinski definition) is 4. The van der Waals surface area contributed by atoms with Gasteiger partial charge in [0.15, 0.2) is 0 Å². The minimum atomic E-state index is -5.77. The Labute approximate surface area is 201 Å². The fraction of sp³-hybridized carbons (Fsp3) is 0.240. The molecule has 184 valence electrons. The predicted molar refractivity (Wildman–Crippen MR) is 125 cm³/mol. The monoisotopic (exact) mass is 508 g/mol. The number of rotatable bonds is 6. The molecule has 1 aliphatic heterocycles. The van der Waals surface area contributed by atoms with E-state index in [0.29, 0.717) is 10.5 Å². The third-order valence-corrected chi connectivity index (χ3v) is 6.69. The molecule has 0 fully saturated rings. The van der Waals surface area contributed by atoms with Crippen LogP contribution in [0.5, 0.6) is 5.75 Å². The molecule has 3 aromatic rings. The van der Waals surface area contributed by atoms with Crippen molar-refractivity contribution in [3.05, 3.63) is 78.4 Å². The second kappa shape index (κ2) is 9.41. The van der Waals surface area contributed by atoms with Crippen molar-refractivity contribution in [3.8, 4) is 16.9 Å². The molecule has 0 saturated carbocycles. The first-order valence-corrected chi connectivity index (χ1v) is 12.1. The van der Waals surface area contributed by atoms with Crippen LogP contribution in [-0.2, 0) is 10.8 Å². The van der Waals surface area contributed by atoms with Crippen molar-refractivity contribution in [2.24, 2.45) is 5.10 Å². The number of para-hydroxylation sites is 2. The number of nitrogens with zero attached hydrogens (tertiary/aromatic N) is 2.